The van der Waals surface area contributed by atoms with Crippen LogP contribution in [0.1, 0.15) is 18.4 Å². The quantitative estimate of drug-likeness (QED) is 0.807. The van der Waals surface area contributed by atoms with Crippen molar-refractivity contribution in [3.8, 4) is 0 Å². The van der Waals surface area contributed by atoms with E-state index in [0.717, 1.165) is 18.5 Å². The highest BCUT2D eigenvalue weighted by Gasteiger charge is 2.51. The lowest BCUT2D eigenvalue weighted by atomic mass is 9.92. The molecule has 1 saturated carbocycles. The van der Waals surface area contributed by atoms with Gasteiger partial charge in [0.2, 0.25) is 0 Å². The molecule has 0 heterocycles. The number of rotatable bonds is 6. The zero-order chi connectivity index (χ0) is 14.8. The van der Waals surface area contributed by atoms with E-state index in [1.165, 1.54) is 12.7 Å². The fourth-order valence-corrected chi connectivity index (χ4v) is 2.83. The van der Waals surface area contributed by atoms with Crippen molar-refractivity contribution in [3.05, 3.63) is 29.8 Å². The summed E-state index contributed by atoms with van der Waals surface area (Å²) in [7, 11) is 5.33. The third-order valence-electron chi connectivity index (χ3n) is 4.20. The molecule has 1 atom stereocenters. The molecule has 0 amide bonds. The van der Waals surface area contributed by atoms with E-state index in [2.05, 4.69) is 35.3 Å². The van der Waals surface area contributed by atoms with Crippen LogP contribution in [0, 0.1) is 12.8 Å². The molecule has 0 aliphatic heterocycles. The first-order valence-electron chi connectivity index (χ1n) is 7.08. The van der Waals surface area contributed by atoms with Crippen LogP contribution in [-0.4, -0.2) is 39.3 Å². The molecule has 1 aromatic carbocycles. The van der Waals surface area contributed by atoms with Crippen LogP contribution in [0.2, 0.25) is 0 Å². The lowest BCUT2D eigenvalue weighted by molar-refractivity contribution is -0.149. The highest BCUT2D eigenvalue weighted by Crippen LogP contribution is 2.41. The monoisotopic (exact) mass is 276 g/mol. The number of hydrogen-bond acceptors (Lipinski definition) is 4. The standard InChI is InChI=1S/C16H24N2O2/c1-12-6-5-7-14(10-12)18(3)11-16(17-2,13-8-9-13)15(19)20-4/h5-7,10,13,17H,8-9,11H2,1-4H3. The van der Waals surface area contributed by atoms with Gasteiger partial charge in [0.05, 0.1) is 7.11 Å². The van der Waals surface area contributed by atoms with Crippen LogP contribution in [0.5, 0.6) is 0 Å². The largest absolute Gasteiger partial charge is 0.468 e. The van der Waals surface area contributed by atoms with Gasteiger partial charge < -0.3 is 15.0 Å². The van der Waals surface area contributed by atoms with Gasteiger partial charge in [-0.1, -0.05) is 12.1 Å². The van der Waals surface area contributed by atoms with Gasteiger partial charge in [0.15, 0.2) is 0 Å². The highest BCUT2D eigenvalue weighted by atomic mass is 16.5. The van der Waals surface area contributed by atoms with E-state index in [4.69, 9.17) is 4.74 Å². The Labute approximate surface area is 121 Å². The van der Waals surface area contributed by atoms with E-state index < -0.39 is 5.54 Å². The molecule has 1 aliphatic rings. The smallest absolute Gasteiger partial charge is 0.328 e. The van der Waals surface area contributed by atoms with E-state index in [9.17, 15) is 4.79 Å². The first-order chi connectivity index (χ1) is 9.53. The minimum Gasteiger partial charge on any atom is -0.468 e. The summed E-state index contributed by atoms with van der Waals surface area (Å²) in [5, 5.41) is 3.23. The topological polar surface area (TPSA) is 41.6 Å². The Hall–Kier alpha value is -1.55. The average Bonchev–Trinajstić information content (AvgIpc) is 3.28. The number of carbonyl (C=O) groups excluding carboxylic acids is 1. The normalized spacial score (nSPS) is 17.4. The first kappa shape index (κ1) is 14.9. The van der Waals surface area contributed by atoms with Gasteiger partial charge in [-0.05, 0) is 50.4 Å². The Bertz CT molecular complexity index is 485. The van der Waals surface area contributed by atoms with Gasteiger partial charge in [0, 0.05) is 19.3 Å². The van der Waals surface area contributed by atoms with Crippen molar-refractivity contribution in [2.75, 3.05) is 32.6 Å². The van der Waals surface area contributed by atoms with Crippen LogP contribution in [0.15, 0.2) is 24.3 Å². The number of nitrogens with zero attached hydrogens (tertiary/aromatic N) is 1. The first-order valence-corrected chi connectivity index (χ1v) is 7.08. The van der Waals surface area contributed by atoms with Crippen molar-refractivity contribution in [3.63, 3.8) is 0 Å². The minimum absolute atomic E-state index is 0.165. The number of ether oxygens (including phenoxy) is 1. The highest BCUT2D eigenvalue weighted by molar-refractivity contribution is 5.83. The summed E-state index contributed by atoms with van der Waals surface area (Å²) >= 11 is 0. The van der Waals surface area contributed by atoms with Crippen LogP contribution >= 0.6 is 0 Å². The van der Waals surface area contributed by atoms with E-state index >= 15 is 0 Å². The number of anilines is 1. The van der Waals surface area contributed by atoms with E-state index in [0.29, 0.717) is 12.5 Å². The van der Waals surface area contributed by atoms with Crippen molar-refractivity contribution >= 4 is 11.7 Å². The summed E-state index contributed by atoms with van der Waals surface area (Å²) < 4.78 is 5.04. The second kappa shape index (κ2) is 5.83. The van der Waals surface area contributed by atoms with Crippen LogP contribution < -0.4 is 10.2 Å². The van der Waals surface area contributed by atoms with Crippen LogP contribution in [-0.2, 0) is 9.53 Å². The number of esters is 1. The van der Waals surface area contributed by atoms with Gasteiger partial charge in [0.1, 0.15) is 5.54 Å². The van der Waals surface area contributed by atoms with Gasteiger partial charge in [-0.3, -0.25) is 0 Å². The van der Waals surface area contributed by atoms with E-state index in [1.807, 2.05) is 20.2 Å². The summed E-state index contributed by atoms with van der Waals surface area (Å²) in [6.07, 6.45) is 2.16. The SMILES string of the molecule is CNC(CN(C)c1cccc(C)c1)(C(=O)OC)C1CC1. The Kier molecular flexibility index (Phi) is 4.33. The Balaban J connectivity index is 2.21. The summed E-state index contributed by atoms with van der Waals surface area (Å²) in [6, 6.07) is 8.31. The summed E-state index contributed by atoms with van der Waals surface area (Å²) in [5.74, 6) is 0.203. The lowest BCUT2D eigenvalue weighted by Crippen LogP contribution is -2.59. The Morgan fingerprint density at radius 1 is 1.50 bits per heavy atom. The molecule has 2 rings (SSSR count). The van der Waals surface area contributed by atoms with Crippen LogP contribution in [0.25, 0.3) is 0 Å². The fraction of sp³-hybridized carbons (Fsp3) is 0.562. The second-order valence-corrected chi connectivity index (χ2v) is 5.68. The van der Waals surface area contributed by atoms with Crippen molar-refractivity contribution in [1.82, 2.24) is 5.32 Å². The van der Waals surface area contributed by atoms with Crippen LogP contribution in [0.4, 0.5) is 5.69 Å². The minimum atomic E-state index is -0.604. The molecule has 1 unspecified atom stereocenters. The van der Waals surface area contributed by atoms with Gasteiger partial charge >= 0.3 is 5.97 Å². The lowest BCUT2D eigenvalue weighted by Gasteiger charge is -2.35. The molecule has 20 heavy (non-hydrogen) atoms. The predicted molar refractivity (Wildman–Crippen MR) is 81.0 cm³/mol. The van der Waals surface area contributed by atoms with Crippen molar-refractivity contribution in [2.45, 2.75) is 25.3 Å². The molecule has 0 spiro atoms. The van der Waals surface area contributed by atoms with Gasteiger partial charge in [-0.25, -0.2) is 4.79 Å². The molecule has 0 radical (unpaired) electrons. The second-order valence-electron chi connectivity index (χ2n) is 5.68. The predicted octanol–water partition coefficient (Wildman–Crippen LogP) is 1.97. The fourth-order valence-electron chi connectivity index (χ4n) is 2.83. The number of carbonyl (C=O) groups is 1. The molecule has 0 bridgehead atoms. The summed E-state index contributed by atoms with van der Waals surface area (Å²) in [6.45, 7) is 2.69. The van der Waals surface area contributed by atoms with Crippen molar-refractivity contribution in [1.29, 1.82) is 0 Å². The van der Waals surface area contributed by atoms with Gasteiger partial charge in [-0.2, -0.15) is 0 Å². The van der Waals surface area contributed by atoms with Crippen LogP contribution in [0.3, 0.4) is 0 Å². The maximum absolute atomic E-state index is 12.3. The number of methoxy groups -OCH3 is 1. The summed E-state index contributed by atoms with van der Waals surface area (Å²) in [4.78, 5) is 14.4. The number of aryl methyl sites for hydroxylation is 1. The number of benzene rings is 1. The molecular weight excluding hydrogens is 252 g/mol. The van der Waals surface area contributed by atoms with E-state index in [1.54, 1.807) is 0 Å². The molecule has 1 N–H and O–H groups in total. The van der Waals surface area contributed by atoms with Crippen molar-refractivity contribution < 1.29 is 9.53 Å². The van der Waals surface area contributed by atoms with Gasteiger partial charge in [0.25, 0.3) is 0 Å². The average molecular weight is 276 g/mol. The van der Waals surface area contributed by atoms with E-state index in [-0.39, 0.29) is 5.97 Å². The molecule has 0 saturated heterocycles. The summed E-state index contributed by atoms with van der Waals surface area (Å²) in [5.41, 5.74) is 1.73. The maximum atomic E-state index is 12.3. The molecule has 1 fully saturated rings. The Morgan fingerprint density at radius 2 is 2.20 bits per heavy atom. The molecular formula is C16H24N2O2. The number of hydrogen-bond donors (Lipinski definition) is 1. The van der Waals surface area contributed by atoms with Gasteiger partial charge in [-0.15, -0.1) is 0 Å². The molecule has 1 aliphatic carbocycles. The molecule has 1 aromatic rings. The maximum Gasteiger partial charge on any atom is 0.328 e. The third kappa shape index (κ3) is 2.80. The molecule has 4 heteroatoms. The zero-order valence-corrected chi connectivity index (χ0v) is 12.8. The number of likely N-dealkylation sites (N-methyl/N-ethyl adjacent to an activating group) is 2. The van der Waals surface area contributed by atoms with Crippen molar-refractivity contribution in [2.24, 2.45) is 5.92 Å². The molecule has 4 nitrogen and oxygen atoms in total. The Morgan fingerprint density at radius 3 is 2.70 bits per heavy atom. The molecule has 110 valence electrons. The molecule has 0 aromatic heterocycles. The number of nitrogens with one attached hydrogen (secondary N) is 1. The zero-order valence-electron chi connectivity index (χ0n) is 12.8. The third-order valence-corrected chi connectivity index (χ3v) is 4.20.